The molecule has 1 aromatic carbocycles. The lowest BCUT2D eigenvalue weighted by molar-refractivity contribution is 0.389. The summed E-state index contributed by atoms with van der Waals surface area (Å²) in [6.45, 7) is 7.31. The summed E-state index contributed by atoms with van der Waals surface area (Å²) in [6, 6.07) is 5.29. The van der Waals surface area contributed by atoms with Crippen molar-refractivity contribution >= 4 is 16.0 Å². The lowest BCUT2D eigenvalue weighted by Gasteiger charge is -2.22. The third kappa shape index (κ3) is 4.99. The standard InChI is InChI=1S/C23H32N8O4S/c1-13-11-24-21(25-12-13)15(3)16(4)36(32,33)30-23-29-28-22(17-10-14(2)26-27-17)31(23)20-18(34-5)8-7-9-19(20)35-6/h7-9,11-12,14-17,26-27H,10H2,1-6H3,(H,29,30)/t14?,15-,16-,17?/m0/s1. The number of aromatic nitrogens is 5. The highest BCUT2D eigenvalue weighted by Crippen LogP contribution is 2.37. The molecule has 0 radical (unpaired) electrons. The van der Waals surface area contributed by atoms with Gasteiger partial charge in [-0.15, -0.1) is 10.2 Å². The molecule has 1 saturated heterocycles. The van der Waals surface area contributed by atoms with Gasteiger partial charge in [-0.25, -0.2) is 23.8 Å². The molecule has 0 amide bonds. The number of benzene rings is 1. The number of nitrogens with zero attached hydrogens (tertiary/aromatic N) is 5. The lowest BCUT2D eigenvalue weighted by Crippen LogP contribution is -2.32. The zero-order valence-electron chi connectivity index (χ0n) is 21.2. The minimum Gasteiger partial charge on any atom is -0.494 e. The third-order valence-corrected chi connectivity index (χ3v) is 8.21. The monoisotopic (exact) mass is 516 g/mol. The van der Waals surface area contributed by atoms with E-state index in [1.807, 2.05) is 13.8 Å². The van der Waals surface area contributed by atoms with Gasteiger partial charge in [0.15, 0.2) is 5.82 Å². The minimum atomic E-state index is -3.93. The molecule has 0 spiro atoms. The highest BCUT2D eigenvalue weighted by Gasteiger charge is 2.34. The number of hydrogen-bond donors (Lipinski definition) is 3. The maximum Gasteiger partial charge on any atom is 0.243 e. The molecule has 3 heterocycles. The summed E-state index contributed by atoms with van der Waals surface area (Å²) in [5.74, 6) is 1.46. The summed E-state index contributed by atoms with van der Waals surface area (Å²) in [4.78, 5) is 8.62. The highest BCUT2D eigenvalue weighted by atomic mass is 32.2. The first-order chi connectivity index (χ1) is 17.2. The Balaban J connectivity index is 1.77. The van der Waals surface area contributed by atoms with Crippen LogP contribution >= 0.6 is 0 Å². The van der Waals surface area contributed by atoms with Crippen LogP contribution in [-0.4, -0.2) is 58.7 Å². The molecular weight excluding hydrogens is 484 g/mol. The molecule has 4 rings (SSSR count). The van der Waals surface area contributed by atoms with Crippen LogP contribution < -0.4 is 25.0 Å². The summed E-state index contributed by atoms with van der Waals surface area (Å²) in [7, 11) is -0.859. The highest BCUT2D eigenvalue weighted by molar-refractivity contribution is 7.93. The van der Waals surface area contributed by atoms with Crippen molar-refractivity contribution in [2.24, 2.45) is 0 Å². The number of methoxy groups -OCH3 is 2. The molecule has 0 aliphatic carbocycles. The number of nitrogens with one attached hydrogen (secondary N) is 3. The van der Waals surface area contributed by atoms with Crippen molar-refractivity contribution in [3.63, 3.8) is 0 Å². The smallest absolute Gasteiger partial charge is 0.243 e. The van der Waals surface area contributed by atoms with E-state index in [1.165, 1.54) is 14.2 Å². The van der Waals surface area contributed by atoms with E-state index >= 15 is 0 Å². The summed E-state index contributed by atoms with van der Waals surface area (Å²) >= 11 is 0. The first-order valence-corrected chi connectivity index (χ1v) is 13.2. The van der Waals surface area contributed by atoms with Crippen LogP contribution in [0, 0.1) is 6.92 Å². The summed E-state index contributed by atoms with van der Waals surface area (Å²) < 4.78 is 42.5. The maximum absolute atomic E-state index is 13.5. The van der Waals surface area contributed by atoms with E-state index in [1.54, 1.807) is 49.0 Å². The number of ether oxygens (including phenoxy) is 2. The molecule has 0 bridgehead atoms. The van der Waals surface area contributed by atoms with Crippen LogP contribution in [-0.2, 0) is 10.0 Å². The van der Waals surface area contributed by atoms with Gasteiger partial charge in [-0.2, -0.15) is 0 Å². The van der Waals surface area contributed by atoms with E-state index in [-0.39, 0.29) is 18.0 Å². The van der Waals surface area contributed by atoms with Gasteiger partial charge in [-0.1, -0.05) is 13.0 Å². The second-order valence-corrected chi connectivity index (χ2v) is 11.0. The van der Waals surface area contributed by atoms with Crippen molar-refractivity contribution in [2.75, 3.05) is 18.9 Å². The van der Waals surface area contributed by atoms with Gasteiger partial charge < -0.3 is 9.47 Å². The summed E-state index contributed by atoms with van der Waals surface area (Å²) in [5, 5.41) is 7.74. The van der Waals surface area contributed by atoms with E-state index in [4.69, 9.17) is 9.47 Å². The number of para-hydroxylation sites is 1. The Bertz CT molecular complexity index is 1290. The topological polar surface area (TPSA) is 145 Å². The molecule has 3 N–H and O–H groups in total. The number of rotatable bonds is 9. The van der Waals surface area contributed by atoms with Crippen LogP contribution in [0.4, 0.5) is 5.95 Å². The van der Waals surface area contributed by atoms with Gasteiger partial charge in [0.05, 0.1) is 25.5 Å². The summed E-state index contributed by atoms with van der Waals surface area (Å²) in [5.41, 5.74) is 7.76. The van der Waals surface area contributed by atoms with Gasteiger partial charge in [0.25, 0.3) is 0 Å². The SMILES string of the molecule is COc1cccc(OC)c1-n1c(NS(=O)(=O)[C@@H](C)[C@H](C)c2ncc(C)cn2)nnc1C1CC(C)NN1. The first-order valence-electron chi connectivity index (χ1n) is 11.6. The van der Waals surface area contributed by atoms with Crippen LogP contribution in [0.1, 0.15) is 56.4 Å². The van der Waals surface area contributed by atoms with Crippen LogP contribution in [0.2, 0.25) is 0 Å². The fraction of sp³-hybridized carbons (Fsp3) is 0.478. The number of aryl methyl sites for hydroxylation is 1. The van der Waals surface area contributed by atoms with Gasteiger partial charge >= 0.3 is 0 Å². The molecule has 194 valence electrons. The molecule has 3 aromatic rings. The van der Waals surface area contributed by atoms with Gasteiger partial charge in [0, 0.05) is 24.4 Å². The van der Waals surface area contributed by atoms with Gasteiger partial charge in [0.2, 0.25) is 16.0 Å². The van der Waals surface area contributed by atoms with Gasteiger partial charge in [-0.05, 0) is 44.9 Å². The molecule has 36 heavy (non-hydrogen) atoms. The Kier molecular flexibility index (Phi) is 7.43. The van der Waals surface area contributed by atoms with E-state index in [0.29, 0.717) is 28.8 Å². The fourth-order valence-electron chi connectivity index (χ4n) is 4.08. The predicted molar refractivity (Wildman–Crippen MR) is 135 cm³/mol. The Labute approximate surface area is 210 Å². The molecule has 2 unspecified atom stereocenters. The van der Waals surface area contributed by atoms with Crippen molar-refractivity contribution < 1.29 is 17.9 Å². The molecule has 1 fully saturated rings. The number of anilines is 1. The molecule has 13 heteroatoms. The van der Waals surface area contributed by atoms with Gasteiger partial charge in [-0.3, -0.25) is 14.7 Å². The van der Waals surface area contributed by atoms with Crippen LogP contribution in [0.15, 0.2) is 30.6 Å². The number of sulfonamides is 1. The molecule has 4 atom stereocenters. The average molecular weight is 517 g/mol. The maximum atomic E-state index is 13.5. The number of hydrazine groups is 1. The molecular formula is C23H32N8O4S. The van der Waals surface area contributed by atoms with Crippen LogP contribution in [0.25, 0.3) is 5.69 Å². The average Bonchev–Trinajstić information content (AvgIpc) is 3.48. The van der Waals surface area contributed by atoms with E-state index in [9.17, 15) is 8.42 Å². The van der Waals surface area contributed by atoms with E-state index < -0.39 is 21.2 Å². The first kappa shape index (κ1) is 25.8. The third-order valence-electron chi connectivity index (χ3n) is 6.35. The normalized spacial score (nSPS) is 19.6. The summed E-state index contributed by atoms with van der Waals surface area (Å²) in [6.07, 6.45) is 4.07. The lowest BCUT2D eigenvalue weighted by atomic mass is 10.1. The molecule has 2 aromatic heterocycles. The predicted octanol–water partition coefficient (Wildman–Crippen LogP) is 2.24. The molecule has 1 aliphatic heterocycles. The number of hydrogen-bond acceptors (Lipinski definition) is 10. The second kappa shape index (κ2) is 10.4. The quantitative estimate of drug-likeness (QED) is 0.387. The van der Waals surface area contributed by atoms with E-state index in [2.05, 4.69) is 35.7 Å². The Morgan fingerprint density at radius 1 is 1.08 bits per heavy atom. The van der Waals surface area contributed by atoms with Gasteiger partial charge in [0.1, 0.15) is 23.0 Å². The minimum absolute atomic E-state index is 0.0260. The Morgan fingerprint density at radius 2 is 1.72 bits per heavy atom. The molecule has 0 saturated carbocycles. The van der Waals surface area contributed by atoms with Crippen LogP contribution in [0.3, 0.4) is 0 Å². The van der Waals surface area contributed by atoms with Crippen LogP contribution in [0.5, 0.6) is 11.5 Å². The Morgan fingerprint density at radius 3 is 2.28 bits per heavy atom. The van der Waals surface area contributed by atoms with Crippen molar-refractivity contribution in [1.29, 1.82) is 0 Å². The molecule has 12 nitrogen and oxygen atoms in total. The van der Waals surface area contributed by atoms with E-state index in [0.717, 1.165) is 12.0 Å². The van der Waals surface area contributed by atoms with Crippen molar-refractivity contribution in [3.05, 3.63) is 47.8 Å². The van der Waals surface area contributed by atoms with Crippen molar-refractivity contribution in [2.45, 2.75) is 57.4 Å². The zero-order chi connectivity index (χ0) is 26.0. The zero-order valence-corrected chi connectivity index (χ0v) is 22.0. The molecule has 1 aliphatic rings. The largest absolute Gasteiger partial charge is 0.494 e. The Hall–Kier alpha value is -3.29. The fourth-order valence-corrected chi connectivity index (χ4v) is 5.31. The second-order valence-electron chi connectivity index (χ2n) is 8.97. The van der Waals surface area contributed by atoms with Crippen molar-refractivity contribution in [3.8, 4) is 17.2 Å². The van der Waals surface area contributed by atoms with Crippen molar-refractivity contribution in [1.82, 2.24) is 35.6 Å².